The van der Waals surface area contributed by atoms with Gasteiger partial charge in [0, 0.05) is 13.2 Å². The van der Waals surface area contributed by atoms with Crippen LogP contribution >= 0.6 is 0 Å². The summed E-state index contributed by atoms with van der Waals surface area (Å²) < 4.78 is 11.4. The van der Waals surface area contributed by atoms with Crippen molar-refractivity contribution in [3.8, 4) is 5.75 Å². The van der Waals surface area contributed by atoms with Gasteiger partial charge < -0.3 is 15.2 Å². The Bertz CT molecular complexity index is 373. The molecule has 1 aliphatic heterocycles. The van der Waals surface area contributed by atoms with E-state index in [4.69, 9.17) is 15.2 Å². The summed E-state index contributed by atoms with van der Waals surface area (Å²) in [6, 6.07) is 6.16. The first-order chi connectivity index (χ1) is 8.79. The van der Waals surface area contributed by atoms with Crippen molar-refractivity contribution in [3.63, 3.8) is 0 Å². The minimum absolute atomic E-state index is 0.463. The van der Waals surface area contributed by atoms with Crippen LogP contribution in [0, 0.1) is 6.92 Å². The standard InChI is InChI=1S/C15H23NO2/c1-12-6-7-13(11-16)10-15(12)18-9-3-5-14-4-2-8-17-14/h6-7,10,14H,2-5,8-9,11,16H2,1H3. The average Bonchev–Trinajstić information content (AvgIpc) is 2.89. The fourth-order valence-electron chi connectivity index (χ4n) is 2.29. The van der Waals surface area contributed by atoms with Gasteiger partial charge in [0.25, 0.3) is 0 Å². The first-order valence-electron chi connectivity index (χ1n) is 6.83. The van der Waals surface area contributed by atoms with Crippen LogP contribution in [0.2, 0.25) is 0 Å². The second-order valence-electron chi connectivity index (χ2n) is 4.93. The molecule has 3 heteroatoms. The number of ether oxygens (including phenoxy) is 2. The van der Waals surface area contributed by atoms with E-state index >= 15 is 0 Å². The SMILES string of the molecule is Cc1ccc(CN)cc1OCCCC1CCCO1. The van der Waals surface area contributed by atoms with Gasteiger partial charge in [0.2, 0.25) is 0 Å². The lowest BCUT2D eigenvalue weighted by Gasteiger charge is -2.12. The summed E-state index contributed by atoms with van der Waals surface area (Å²) in [5.41, 5.74) is 7.93. The zero-order valence-corrected chi connectivity index (χ0v) is 11.2. The van der Waals surface area contributed by atoms with Crippen LogP contribution in [0.3, 0.4) is 0 Å². The maximum Gasteiger partial charge on any atom is 0.122 e. The highest BCUT2D eigenvalue weighted by Gasteiger charge is 2.14. The Morgan fingerprint density at radius 1 is 1.44 bits per heavy atom. The lowest BCUT2D eigenvalue weighted by molar-refractivity contribution is 0.0981. The Kier molecular flexibility index (Phi) is 5.02. The molecule has 2 rings (SSSR count). The van der Waals surface area contributed by atoms with Gasteiger partial charge in [-0.15, -0.1) is 0 Å². The van der Waals surface area contributed by atoms with Crippen LogP contribution in [-0.2, 0) is 11.3 Å². The lowest BCUT2D eigenvalue weighted by Crippen LogP contribution is -2.08. The third-order valence-corrected chi connectivity index (χ3v) is 3.44. The molecule has 0 aromatic heterocycles. The first-order valence-corrected chi connectivity index (χ1v) is 6.83. The van der Waals surface area contributed by atoms with E-state index in [1.54, 1.807) is 0 Å². The van der Waals surface area contributed by atoms with E-state index < -0.39 is 0 Å². The number of aryl methyl sites for hydroxylation is 1. The molecule has 0 amide bonds. The van der Waals surface area contributed by atoms with Gasteiger partial charge in [0.15, 0.2) is 0 Å². The van der Waals surface area contributed by atoms with E-state index in [1.807, 2.05) is 6.07 Å². The molecule has 0 spiro atoms. The zero-order valence-electron chi connectivity index (χ0n) is 11.2. The maximum atomic E-state index is 5.83. The third-order valence-electron chi connectivity index (χ3n) is 3.44. The summed E-state index contributed by atoms with van der Waals surface area (Å²) in [7, 11) is 0. The van der Waals surface area contributed by atoms with Crippen molar-refractivity contribution in [1.29, 1.82) is 0 Å². The normalized spacial score (nSPS) is 19.1. The van der Waals surface area contributed by atoms with Crippen molar-refractivity contribution in [3.05, 3.63) is 29.3 Å². The molecule has 1 heterocycles. The van der Waals surface area contributed by atoms with Crippen LogP contribution in [0.4, 0.5) is 0 Å². The zero-order chi connectivity index (χ0) is 12.8. The Hall–Kier alpha value is -1.06. The molecule has 0 radical (unpaired) electrons. The van der Waals surface area contributed by atoms with E-state index in [2.05, 4.69) is 19.1 Å². The average molecular weight is 249 g/mol. The largest absolute Gasteiger partial charge is 0.493 e. The highest BCUT2D eigenvalue weighted by molar-refractivity contribution is 5.36. The Morgan fingerprint density at radius 2 is 2.33 bits per heavy atom. The fraction of sp³-hybridized carbons (Fsp3) is 0.600. The van der Waals surface area contributed by atoms with Crippen LogP contribution in [0.1, 0.15) is 36.8 Å². The predicted molar refractivity (Wildman–Crippen MR) is 72.8 cm³/mol. The smallest absolute Gasteiger partial charge is 0.122 e. The molecule has 3 nitrogen and oxygen atoms in total. The van der Waals surface area contributed by atoms with Crippen LogP contribution < -0.4 is 10.5 Å². The third kappa shape index (κ3) is 3.72. The molecule has 1 aliphatic rings. The van der Waals surface area contributed by atoms with Gasteiger partial charge in [-0.3, -0.25) is 0 Å². The first kappa shape index (κ1) is 13.4. The van der Waals surface area contributed by atoms with Crippen LogP contribution in [0.25, 0.3) is 0 Å². The lowest BCUT2D eigenvalue weighted by atomic mass is 10.1. The molecule has 0 bridgehead atoms. The van der Waals surface area contributed by atoms with E-state index in [0.717, 1.165) is 37.4 Å². The number of hydrogen-bond acceptors (Lipinski definition) is 3. The molecule has 1 unspecified atom stereocenters. The molecule has 1 atom stereocenters. The summed E-state index contributed by atoms with van der Waals surface area (Å²) in [6.45, 7) is 4.32. The second-order valence-corrected chi connectivity index (χ2v) is 4.93. The summed E-state index contributed by atoms with van der Waals surface area (Å²) in [4.78, 5) is 0. The van der Waals surface area contributed by atoms with Gasteiger partial charge in [-0.05, 0) is 49.8 Å². The minimum Gasteiger partial charge on any atom is -0.493 e. The topological polar surface area (TPSA) is 44.5 Å². The summed E-state index contributed by atoms with van der Waals surface area (Å²) >= 11 is 0. The molecule has 1 saturated heterocycles. The second kappa shape index (κ2) is 6.76. The van der Waals surface area contributed by atoms with Crippen molar-refractivity contribution in [2.24, 2.45) is 5.73 Å². The molecule has 1 fully saturated rings. The van der Waals surface area contributed by atoms with Crippen LogP contribution in [-0.4, -0.2) is 19.3 Å². The Morgan fingerprint density at radius 3 is 3.06 bits per heavy atom. The van der Waals surface area contributed by atoms with Gasteiger partial charge in [-0.25, -0.2) is 0 Å². The Labute approximate surface area is 109 Å². The molecular weight excluding hydrogens is 226 g/mol. The quantitative estimate of drug-likeness (QED) is 0.788. The summed E-state index contributed by atoms with van der Waals surface area (Å²) in [5.74, 6) is 0.963. The maximum absolute atomic E-state index is 5.83. The van der Waals surface area contributed by atoms with Gasteiger partial charge in [0.1, 0.15) is 5.75 Å². The van der Waals surface area contributed by atoms with Crippen molar-refractivity contribution < 1.29 is 9.47 Å². The van der Waals surface area contributed by atoms with Crippen LogP contribution in [0.15, 0.2) is 18.2 Å². The molecule has 100 valence electrons. The minimum atomic E-state index is 0.463. The summed E-state index contributed by atoms with van der Waals surface area (Å²) in [6.07, 6.45) is 5.04. The molecule has 0 aliphatic carbocycles. The highest BCUT2D eigenvalue weighted by Crippen LogP contribution is 2.21. The number of nitrogens with two attached hydrogens (primary N) is 1. The summed E-state index contributed by atoms with van der Waals surface area (Å²) in [5, 5.41) is 0. The van der Waals surface area contributed by atoms with Gasteiger partial charge in [0.05, 0.1) is 12.7 Å². The Balaban J connectivity index is 1.75. The molecular formula is C15H23NO2. The van der Waals surface area contributed by atoms with E-state index in [0.29, 0.717) is 12.6 Å². The molecule has 1 aromatic rings. The van der Waals surface area contributed by atoms with Gasteiger partial charge in [-0.1, -0.05) is 12.1 Å². The van der Waals surface area contributed by atoms with E-state index in [-0.39, 0.29) is 0 Å². The monoisotopic (exact) mass is 249 g/mol. The number of benzene rings is 1. The number of hydrogen-bond donors (Lipinski definition) is 1. The highest BCUT2D eigenvalue weighted by atomic mass is 16.5. The van der Waals surface area contributed by atoms with Crippen LogP contribution in [0.5, 0.6) is 5.75 Å². The fourth-order valence-corrected chi connectivity index (χ4v) is 2.29. The van der Waals surface area contributed by atoms with Gasteiger partial charge in [-0.2, -0.15) is 0 Å². The molecule has 0 saturated carbocycles. The molecule has 18 heavy (non-hydrogen) atoms. The molecule has 2 N–H and O–H groups in total. The van der Waals surface area contributed by atoms with Crippen molar-refractivity contribution in [2.75, 3.05) is 13.2 Å². The van der Waals surface area contributed by atoms with E-state index in [9.17, 15) is 0 Å². The van der Waals surface area contributed by atoms with Crippen molar-refractivity contribution >= 4 is 0 Å². The van der Waals surface area contributed by atoms with Crippen molar-refractivity contribution in [2.45, 2.75) is 45.3 Å². The van der Waals surface area contributed by atoms with Gasteiger partial charge >= 0.3 is 0 Å². The number of rotatable bonds is 6. The molecule has 1 aromatic carbocycles. The predicted octanol–water partition coefficient (Wildman–Crippen LogP) is 2.79. The van der Waals surface area contributed by atoms with E-state index in [1.165, 1.54) is 18.4 Å². The van der Waals surface area contributed by atoms with Crippen molar-refractivity contribution in [1.82, 2.24) is 0 Å².